The lowest BCUT2D eigenvalue weighted by Gasteiger charge is -2.21. The average Bonchev–Trinajstić information content (AvgIpc) is 2.24. The summed E-state index contributed by atoms with van der Waals surface area (Å²) in [6.07, 6.45) is -8.51. The molecule has 0 saturated heterocycles. The summed E-state index contributed by atoms with van der Waals surface area (Å²) in [7, 11) is -6.35. The molecule has 0 spiro atoms. The van der Waals surface area contributed by atoms with E-state index < -0.39 is 33.5 Å². The van der Waals surface area contributed by atoms with E-state index in [1.807, 2.05) is 0 Å². The molecule has 0 aromatic heterocycles. The predicted octanol–water partition coefficient (Wildman–Crippen LogP) is 3.16. The van der Waals surface area contributed by atoms with Crippen LogP contribution in [0.25, 0.3) is 0 Å². The standard InChI is InChI=1S/C9H6F6O3S/c10-8(11,12)7(6-4-2-1-3-5-6)18-19(16,17)9(13,14)15/h1-5,7H/t7-/m0/s1. The van der Waals surface area contributed by atoms with Crippen molar-refractivity contribution in [3.8, 4) is 0 Å². The van der Waals surface area contributed by atoms with E-state index in [2.05, 4.69) is 4.18 Å². The second-order valence-corrected chi connectivity index (χ2v) is 4.89. The minimum Gasteiger partial charge on any atom is -0.245 e. The molecule has 0 N–H and O–H groups in total. The summed E-state index contributed by atoms with van der Waals surface area (Å²) < 4.78 is 98.3. The van der Waals surface area contributed by atoms with Crippen molar-refractivity contribution in [2.75, 3.05) is 0 Å². The van der Waals surface area contributed by atoms with E-state index in [-0.39, 0.29) is 0 Å². The van der Waals surface area contributed by atoms with Gasteiger partial charge in [-0.1, -0.05) is 30.3 Å². The monoisotopic (exact) mass is 308 g/mol. The van der Waals surface area contributed by atoms with Crippen LogP contribution >= 0.6 is 0 Å². The fourth-order valence-electron chi connectivity index (χ4n) is 1.11. The SMILES string of the molecule is O=S(=O)(O[C@@H](c1ccccc1)C(F)(F)F)C(F)(F)F. The van der Waals surface area contributed by atoms with Gasteiger partial charge in [-0.25, -0.2) is 4.18 Å². The van der Waals surface area contributed by atoms with Crippen LogP contribution in [-0.2, 0) is 14.3 Å². The molecule has 0 fully saturated rings. The van der Waals surface area contributed by atoms with E-state index >= 15 is 0 Å². The predicted molar refractivity (Wildman–Crippen MR) is 51.3 cm³/mol. The Hall–Kier alpha value is -1.29. The summed E-state index contributed by atoms with van der Waals surface area (Å²) in [5.74, 6) is 0. The normalized spacial score (nSPS) is 15.3. The highest BCUT2D eigenvalue weighted by Crippen LogP contribution is 2.39. The quantitative estimate of drug-likeness (QED) is 0.489. The van der Waals surface area contributed by atoms with E-state index in [0.29, 0.717) is 0 Å². The van der Waals surface area contributed by atoms with Crippen molar-refractivity contribution < 1.29 is 38.9 Å². The first-order valence-electron chi connectivity index (χ1n) is 4.56. The lowest BCUT2D eigenvalue weighted by atomic mass is 10.1. The van der Waals surface area contributed by atoms with E-state index in [4.69, 9.17) is 0 Å². The molecule has 108 valence electrons. The first kappa shape index (κ1) is 15.8. The molecule has 1 rings (SSSR count). The molecular weight excluding hydrogens is 302 g/mol. The highest BCUT2D eigenvalue weighted by atomic mass is 32.2. The van der Waals surface area contributed by atoms with Gasteiger partial charge in [-0.2, -0.15) is 34.8 Å². The largest absolute Gasteiger partial charge is 0.523 e. The van der Waals surface area contributed by atoms with E-state index in [1.54, 1.807) is 0 Å². The second-order valence-electron chi connectivity index (χ2n) is 3.33. The maximum absolute atomic E-state index is 12.6. The summed E-state index contributed by atoms with van der Waals surface area (Å²) in [6.45, 7) is 0. The molecule has 0 aliphatic carbocycles. The molecule has 0 radical (unpaired) electrons. The molecule has 0 unspecified atom stereocenters. The minimum atomic E-state index is -6.35. The molecule has 1 aromatic carbocycles. The smallest absolute Gasteiger partial charge is 0.245 e. The third-order valence-corrected chi connectivity index (χ3v) is 2.92. The minimum absolute atomic E-state index is 0.747. The van der Waals surface area contributed by atoms with Crippen molar-refractivity contribution in [3.05, 3.63) is 35.9 Å². The molecule has 0 saturated carbocycles. The van der Waals surface area contributed by atoms with Crippen molar-refractivity contribution >= 4 is 10.1 Å². The molecule has 0 aliphatic heterocycles. The lowest BCUT2D eigenvalue weighted by Crippen LogP contribution is -2.32. The lowest BCUT2D eigenvalue weighted by molar-refractivity contribution is -0.200. The van der Waals surface area contributed by atoms with E-state index in [0.717, 1.165) is 24.3 Å². The fourth-order valence-corrected chi connectivity index (χ4v) is 1.69. The van der Waals surface area contributed by atoms with Gasteiger partial charge in [0, 0.05) is 0 Å². The Kier molecular flexibility index (Phi) is 4.15. The van der Waals surface area contributed by atoms with Crippen molar-refractivity contribution in [1.82, 2.24) is 0 Å². The third-order valence-electron chi connectivity index (χ3n) is 1.91. The van der Waals surface area contributed by atoms with Crippen LogP contribution < -0.4 is 0 Å². The number of benzene rings is 1. The Morgan fingerprint density at radius 3 is 1.79 bits per heavy atom. The van der Waals surface area contributed by atoms with Crippen LogP contribution in [0.15, 0.2) is 30.3 Å². The average molecular weight is 308 g/mol. The van der Waals surface area contributed by atoms with Gasteiger partial charge < -0.3 is 0 Å². The number of hydrogen-bond acceptors (Lipinski definition) is 3. The molecular formula is C9H6F6O3S. The van der Waals surface area contributed by atoms with Gasteiger partial charge in [0.1, 0.15) is 0 Å². The number of halogens is 6. The Balaban J connectivity index is 3.17. The number of alkyl halides is 6. The summed E-state index contributed by atoms with van der Waals surface area (Å²) in [5, 5.41) is 0. The van der Waals surface area contributed by atoms with Gasteiger partial charge >= 0.3 is 21.8 Å². The molecule has 10 heteroatoms. The van der Waals surface area contributed by atoms with Crippen molar-refractivity contribution in [2.24, 2.45) is 0 Å². The number of hydrogen-bond donors (Lipinski definition) is 0. The Morgan fingerprint density at radius 1 is 0.947 bits per heavy atom. The van der Waals surface area contributed by atoms with Crippen LogP contribution in [0.3, 0.4) is 0 Å². The van der Waals surface area contributed by atoms with Gasteiger partial charge in [-0.3, -0.25) is 0 Å². The molecule has 1 atom stereocenters. The first-order valence-corrected chi connectivity index (χ1v) is 5.97. The summed E-state index contributed by atoms with van der Waals surface area (Å²) in [6, 6.07) is 5.15. The third kappa shape index (κ3) is 3.83. The highest BCUT2D eigenvalue weighted by Gasteiger charge is 2.53. The van der Waals surface area contributed by atoms with Crippen LogP contribution in [0.5, 0.6) is 0 Å². The zero-order valence-corrected chi connectivity index (χ0v) is 9.68. The highest BCUT2D eigenvalue weighted by molar-refractivity contribution is 7.87. The van der Waals surface area contributed by atoms with Crippen LogP contribution in [-0.4, -0.2) is 20.1 Å². The Bertz CT molecular complexity index is 519. The molecule has 3 nitrogen and oxygen atoms in total. The molecule has 1 aromatic rings. The molecule has 0 aliphatic rings. The van der Waals surface area contributed by atoms with Gasteiger partial charge in [-0.15, -0.1) is 0 Å². The van der Waals surface area contributed by atoms with Gasteiger partial charge in [0.2, 0.25) is 0 Å². The van der Waals surface area contributed by atoms with Gasteiger partial charge in [0.15, 0.2) is 6.10 Å². The molecule has 0 amide bonds. The second kappa shape index (κ2) is 5.00. The van der Waals surface area contributed by atoms with Crippen LogP contribution in [0.4, 0.5) is 26.3 Å². The first-order chi connectivity index (χ1) is 8.45. The Labute approximate surface area is 103 Å². The van der Waals surface area contributed by atoms with Crippen molar-refractivity contribution in [3.63, 3.8) is 0 Å². The Morgan fingerprint density at radius 2 is 1.42 bits per heavy atom. The van der Waals surface area contributed by atoms with Crippen molar-refractivity contribution in [2.45, 2.75) is 17.8 Å². The number of rotatable bonds is 3. The van der Waals surface area contributed by atoms with E-state index in [9.17, 15) is 34.8 Å². The van der Waals surface area contributed by atoms with Crippen molar-refractivity contribution in [1.29, 1.82) is 0 Å². The van der Waals surface area contributed by atoms with E-state index in [1.165, 1.54) is 6.07 Å². The van der Waals surface area contributed by atoms with Crippen LogP contribution in [0, 0.1) is 0 Å². The summed E-state index contributed by atoms with van der Waals surface area (Å²) >= 11 is 0. The maximum Gasteiger partial charge on any atom is 0.523 e. The molecule has 19 heavy (non-hydrogen) atoms. The zero-order chi connectivity index (χ0) is 14.9. The fraction of sp³-hybridized carbons (Fsp3) is 0.333. The van der Waals surface area contributed by atoms with Crippen LogP contribution in [0.2, 0.25) is 0 Å². The topological polar surface area (TPSA) is 43.4 Å². The zero-order valence-electron chi connectivity index (χ0n) is 8.86. The molecule has 0 bridgehead atoms. The van der Waals surface area contributed by atoms with Gasteiger partial charge in [0.05, 0.1) is 0 Å². The van der Waals surface area contributed by atoms with Gasteiger partial charge in [-0.05, 0) is 5.56 Å². The maximum atomic E-state index is 12.6. The van der Waals surface area contributed by atoms with Crippen LogP contribution in [0.1, 0.15) is 11.7 Å². The summed E-state index contributed by atoms with van der Waals surface area (Å²) in [5.41, 5.74) is -6.67. The molecule has 0 heterocycles. The van der Waals surface area contributed by atoms with Gasteiger partial charge in [0.25, 0.3) is 0 Å². The summed E-state index contributed by atoms with van der Waals surface area (Å²) in [4.78, 5) is 0.